The fourth-order valence-electron chi connectivity index (χ4n) is 4.66. The topological polar surface area (TPSA) is 71.0 Å². The van der Waals surface area contributed by atoms with E-state index in [1.54, 1.807) is 7.11 Å². The maximum atomic E-state index is 13.1. The number of rotatable bonds is 7. The lowest BCUT2D eigenvalue weighted by atomic mass is 9.91. The van der Waals surface area contributed by atoms with E-state index in [9.17, 15) is 9.90 Å². The van der Waals surface area contributed by atoms with E-state index in [1.165, 1.54) is 0 Å². The van der Waals surface area contributed by atoms with E-state index >= 15 is 0 Å². The molecule has 1 saturated carbocycles. The predicted octanol–water partition coefficient (Wildman–Crippen LogP) is 3.44. The lowest BCUT2D eigenvalue weighted by Crippen LogP contribution is -2.45. The van der Waals surface area contributed by atoms with Crippen LogP contribution in [-0.2, 0) is 11.3 Å². The van der Waals surface area contributed by atoms with Crippen LogP contribution < -0.4 is 14.8 Å². The molecule has 2 aromatic rings. The van der Waals surface area contributed by atoms with Gasteiger partial charge in [0.05, 0.1) is 32.4 Å². The molecular formula is C25H32N2O4. The number of benzene rings is 2. The van der Waals surface area contributed by atoms with Crippen LogP contribution in [0.4, 0.5) is 0 Å². The Labute approximate surface area is 184 Å². The SMILES string of the molecule is COc1cccc(CN(CC(=O)NC2CCOc3ccccc32)C2CCC(O)CC2)c1. The van der Waals surface area contributed by atoms with Gasteiger partial charge >= 0.3 is 0 Å². The highest BCUT2D eigenvalue weighted by atomic mass is 16.5. The third-order valence-corrected chi connectivity index (χ3v) is 6.34. The number of carbonyl (C=O) groups is 1. The van der Waals surface area contributed by atoms with Gasteiger partial charge in [-0.2, -0.15) is 0 Å². The number of aliphatic hydroxyl groups excluding tert-OH is 1. The smallest absolute Gasteiger partial charge is 0.234 e. The van der Waals surface area contributed by atoms with Gasteiger partial charge in [0.15, 0.2) is 0 Å². The summed E-state index contributed by atoms with van der Waals surface area (Å²) in [5.74, 6) is 1.70. The fourth-order valence-corrected chi connectivity index (χ4v) is 4.66. The molecule has 1 unspecified atom stereocenters. The van der Waals surface area contributed by atoms with E-state index in [2.05, 4.69) is 16.3 Å². The zero-order valence-corrected chi connectivity index (χ0v) is 18.1. The summed E-state index contributed by atoms with van der Waals surface area (Å²) in [5, 5.41) is 13.2. The van der Waals surface area contributed by atoms with E-state index < -0.39 is 0 Å². The van der Waals surface area contributed by atoms with Crippen LogP contribution in [-0.4, -0.2) is 48.3 Å². The van der Waals surface area contributed by atoms with Gasteiger partial charge in [-0.1, -0.05) is 30.3 Å². The Balaban J connectivity index is 1.45. The summed E-state index contributed by atoms with van der Waals surface area (Å²) in [6.07, 6.45) is 3.93. The molecule has 0 saturated heterocycles. The number of hydrogen-bond acceptors (Lipinski definition) is 5. The second-order valence-corrected chi connectivity index (χ2v) is 8.51. The van der Waals surface area contributed by atoms with Gasteiger partial charge in [-0.15, -0.1) is 0 Å². The van der Waals surface area contributed by atoms with Crippen molar-refractivity contribution in [1.82, 2.24) is 10.2 Å². The number of aliphatic hydroxyl groups is 1. The van der Waals surface area contributed by atoms with Gasteiger partial charge in [0.2, 0.25) is 5.91 Å². The summed E-state index contributed by atoms with van der Waals surface area (Å²) in [6.45, 7) is 1.61. The molecule has 6 nitrogen and oxygen atoms in total. The summed E-state index contributed by atoms with van der Waals surface area (Å²) < 4.78 is 11.1. The molecule has 0 aromatic heterocycles. The number of para-hydroxylation sites is 1. The number of hydrogen-bond donors (Lipinski definition) is 2. The highest BCUT2D eigenvalue weighted by Gasteiger charge is 2.28. The van der Waals surface area contributed by atoms with Gasteiger partial charge in [0.25, 0.3) is 0 Å². The minimum Gasteiger partial charge on any atom is -0.497 e. The standard InChI is InChI=1S/C25H32N2O4/c1-30-21-6-4-5-18(15-21)16-27(19-9-11-20(28)12-10-19)17-25(29)26-23-13-14-31-24-8-3-2-7-22(23)24/h2-8,15,19-20,23,28H,9-14,16-17H2,1H3,(H,26,29). The Hall–Kier alpha value is -2.57. The van der Waals surface area contributed by atoms with Crippen molar-refractivity contribution in [1.29, 1.82) is 0 Å². The van der Waals surface area contributed by atoms with Crippen LogP contribution in [0.5, 0.6) is 11.5 Å². The van der Waals surface area contributed by atoms with Crippen molar-refractivity contribution in [3.8, 4) is 11.5 Å². The maximum absolute atomic E-state index is 13.1. The third kappa shape index (κ3) is 5.57. The minimum atomic E-state index is -0.220. The Morgan fingerprint density at radius 2 is 1.94 bits per heavy atom. The Morgan fingerprint density at radius 1 is 1.13 bits per heavy atom. The van der Waals surface area contributed by atoms with E-state index in [-0.39, 0.29) is 24.1 Å². The number of nitrogens with one attached hydrogen (secondary N) is 1. The molecule has 31 heavy (non-hydrogen) atoms. The van der Waals surface area contributed by atoms with E-state index in [4.69, 9.17) is 9.47 Å². The zero-order valence-electron chi connectivity index (χ0n) is 18.1. The number of amides is 1. The quantitative estimate of drug-likeness (QED) is 0.713. The molecule has 4 rings (SSSR count). The van der Waals surface area contributed by atoms with Crippen molar-refractivity contribution < 1.29 is 19.4 Å². The van der Waals surface area contributed by atoms with Gasteiger partial charge in [-0.25, -0.2) is 0 Å². The Morgan fingerprint density at radius 3 is 2.74 bits per heavy atom. The first kappa shape index (κ1) is 21.7. The lowest BCUT2D eigenvalue weighted by Gasteiger charge is -2.36. The highest BCUT2D eigenvalue weighted by molar-refractivity contribution is 5.78. The second-order valence-electron chi connectivity index (χ2n) is 8.51. The van der Waals surface area contributed by atoms with Crippen LogP contribution in [0.1, 0.15) is 49.3 Å². The molecule has 2 aliphatic rings. The molecule has 1 atom stereocenters. The number of methoxy groups -OCH3 is 1. The second kappa shape index (κ2) is 10.2. The maximum Gasteiger partial charge on any atom is 0.234 e. The van der Waals surface area contributed by atoms with Crippen molar-refractivity contribution in [2.75, 3.05) is 20.3 Å². The van der Waals surface area contributed by atoms with Crippen molar-refractivity contribution in [3.63, 3.8) is 0 Å². The molecule has 2 aromatic carbocycles. The van der Waals surface area contributed by atoms with Crippen LogP contribution in [0.15, 0.2) is 48.5 Å². The highest BCUT2D eigenvalue weighted by Crippen LogP contribution is 2.31. The number of nitrogens with zero attached hydrogens (tertiary/aromatic N) is 1. The van der Waals surface area contributed by atoms with Crippen LogP contribution in [0.3, 0.4) is 0 Å². The molecule has 0 radical (unpaired) electrons. The summed E-state index contributed by atoms with van der Waals surface area (Å²) in [4.78, 5) is 15.3. The fraction of sp³-hybridized carbons (Fsp3) is 0.480. The molecule has 0 bridgehead atoms. The molecule has 1 aliphatic carbocycles. The van der Waals surface area contributed by atoms with Crippen molar-refractivity contribution in [2.24, 2.45) is 0 Å². The molecule has 2 N–H and O–H groups in total. The monoisotopic (exact) mass is 424 g/mol. The van der Waals surface area contributed by atoms with Crippen molar-refractivity contribution in [2.45, 2.75) is 56.8 Å². The molecule has 166 valence electrons. The first-order valence-corrected chi connectivity index (χ1v) is 11.2. The van der Waals surface area contributed by atoms with Crippen LogP contribution in [0.25, 0.3) is 0 Å². The summed E-state index contributed by atoms with van der Waals surface area (Å²) in [7, 11) is 1.67. The van der Waals surface area contributed by atoms with Crippen molar-refractivity contribution >= 4 is 5.91 Å². The Bertz CT molecular complexity index is 879. The van der Waals surface area contributed by atoms with Gasteiger partial charge < -0.3 is 19.9 Å². The van der Waals surface area contributed by atoms with Gasteiger partial charge in [-0.05, 0) is 49.4 Å². The van der Waals surface area contributed by atoms with Gasteiger partial charge in [0, 0.05) is 24.6 Å². The first-order valence-electron chi connectivity index (χ1n) is 11.2. The van der Waals surface area contributed by atoms with Crippen LogP contribution in [0, 0.1) is 0 Å². The first-order chi connectivity index (χ1) is 15.1. The number of carbonyl (C=O) groups excluding carboxylic acids is 1. The molecule has 1 aliphatic heterocycles. The molecular weight excluding hydrogens is 392 g/mol. The largest absolute Gasteiger partial charge is 0.497 e. The molecule has 1 amide bonds. The van der Waals surface area contributed by atoms with E-state index in [0.717, 1.165) is 54.7 Å². The summed E-state index contributed by atoms with van der Waals surface area (Å²) >= 11 is 0. The van der Waals surface area contributed by atoms with E-state index in [1.807, 2.05) is 42.5 Å². The molecule has 1 fully saturated rings. The average Bonchev–Trinajstić information content (AvgIpc) is 2.79. The van der Waals surface area contributed by atoms with Crippen LogP contribution in [0.2, 0.25) is 0 Å². The number of ether oxygens (including phenoxy) is 2. The average molecular weight is 425 g/mol. The Kier molecular flexibility index (Phi) is 7.10. The molecule has 0 spiro atoms. The lowest BCUT2D eigenvalue weighted by molar-refractivity contribution is -0.124. The van der Waals surface area contributed by atoms with Crippen molar-refractivity contribution in [3.05, 3.63) is 59.7 Å². The minimum absolute atomic E-state index is 0.0238. The molecule has 1 heterocycles. The molecule has 6 heteroatoms. The third-order valence-electron chi connectivity index (χ3n) is 6.34. The summed E-state index contributed by atoms with van der Waals surface area (Å²) in [5.41, 5.74) is 2.16. The predicted molar refractivity (Wildman–Crippen MR) is 119 cm³/mol. The van der Waals surface area contributed by atoms with Gasteiger partial charge in [0.1, 0.15) is 11.5 Å². The van der Waals surface area contributed by atoms with E-state index in [0.29, 0.717) is 19.7 Å². The summed E-state index contributed by atoms with van der Waals surface area (Å²) in [6, 6.07) is 16.2. The van der Waals surface area contributed by atoms with Crippen LogP contribution >= 0.6 is 0 Å². The normalized spacial score (nSPS) is 23.0. The van der Waals surface area contributed by atoms with Gasteiger partial charge in [-0.3, -0.25) is 9.69 Å². The zero-order chi connectivity index (χ0) is 21.6. The number of fused-ring (bicyclic) bond motifs is 1.